The second-order valence-electron chi connectivity index (χ2n) is 7.96. The predicted octanol–water partition coefficient (Wildman–Crippen LogP) is 4.52. The van der Waals surface area contributed by atoms with E-state index in [1.807, 2.05) is 12.3 Å². The molecule has 0 spiro atoms. The van der Waals surface area contributed by atoms with Gasteiger partial charge >= 0.3 is 0 Å². The molecule has 0 saturated heterocycles. The molecule has 3 aromatic heterocycles. The number of ether oxygens (including phenoxy) is 1. The summed E-state index contributed by atoms with van der Waals surface area (Å²) in [6.07, 6.45) is 10.6. The zero-order valence-electron chi connectivity index (χ0n) is 17.5. The zero-order valence-corrected chi connectivity index (χ0v) is 17.5. The maximum atomic E-state index is 12.7. The van der Waals surface area contributed by atoms with Crippen LogP contribution in [0, 0.1) is 5.92 Å². The molecule has 30 heavy (non-hydrogen) atoms. The molecular formula is C24H28N4O2. The van der Waals surface area contributed by atoms with E-state index in [2.05, 4.69) is 39.3 Å². The van der Waals surface area contributed by atoms with Crippen LogP contribution >= 0.6 is 0 Å². The monoisotopic (exact) mass is 404 g/mol. The van der Waals surface area contributed by atoms with Gasteiger partial charge in [-0.3, -0.25) is 4.79 Å². The van der Waals surface area contributed by atoms with Gasteiger partial charge in [-0.05, 0) is 73.8 Å². The van der Waals surface area contributed by atoms with Crippen molar-refractivity contribution in [2.24, 2.45) is 5.92 Å². The van der Waals surface area contributed by atoms with Crippen molar-refractivity contribution in [3.63, 3.8) is 0 Å². The molecule has 3 aromatic rings. The lowest BCUT2D eigenvalue weighted by Gasteiger charge is -2.34. The van der Waals surface area contributed by atoms with Crippen LogP contribution in [0.4, 0.5) is 0 Å². The molecule has 1 atom stereocenters. The molecule has 0 radical (unpaired) electrons. The first-order chi connectivity index (χ1) is 14.7. The number of hydrogen-bond donors (Lipinski definition) is 1. The Bertz CT molecular complexity index is 992. The van der Waals surface area contributed by atoms with Crippen molar-refractivity contribution >= 4 is 16.9 Å². The second kappa shape index (κ2) is 9.20. The Morgan fingerprint density at radius 1 is 1.10 bits per heavy atom. The molecule has 4 rings (SSSR count). The van der Waals surface area contributed by atoms with Gasteiger partial charge in [-0.2, -0.15) is 0 Å². The molecule has 1 saturated carbocycles. The number of hydrogen-bond acceptors (Lipinski definition) is 5. The fourth-order valence-corrected chi connectivity index (χ4v) is 4.63. The van der Waals surface area contributed by atoms with Crippen LogP contribution in [0.3, 0.4) is 0 Å². The van der Waals surface area contributed by atoms with Gasteiger partial charge in [-0.15, -0.1) is 0 Å². The first-order valence-corrected chi connectivity index (χ1v) is 10.7. The molecule has 1 amide bonds. The van der Waals surface area contributed by atoms with Gasteiger partial charge in [0.15, 0.2) is 5.65 Å². The summed E-state index contributed by atoms with van der Waals surface area (Å²) in [6.45, 7) is 2.14. The number of nitrogens with one attached hydrogen (secondary N) is 1. The van der Waals surface area contributed by atoms with Crippen LogP contribution in [0.2, 0.25) is 0 Å². The fourth-order valence-electron chi connectivity index (χ4n) is 4.63. The quantitative estimate of drug-likeness (QED) is 0.654. The Balaban J connectivity index is 1.40. The molecule has 3 heterocycles. The third kappa shape index (κ3) is 4.27. The van der Waals surface area contributed by atoms with Crippen molar-refractivity contribution in [1.82, 2.24) is 20.3 Å². The maximum absolute atomic E-state index is 12.7. The largest absolute Gasteiger partial charge is 0.481 e. The van der Waals surface area contributed by atoms with Gasteiger partial charge < -0.3 is 10.1 Å². The van der Waals surface area contributed by atoms with Gasteiger partial charge in [0.05, 0.1) is 12.7 Å². The molecule has 1 N–H and O–H groups in total. The minimum absolute atomic E-state index is 0.0645. The normalized spacial score (nSPS) is 19.9. The van der Waals surface area contributed by atoms with Gasteiger partial charge in [0, 0.05) is 36.1 Å². The van der Waals surface area contributed by atoms with E-state index in [1.165, 1.54) is 5.56 Å². The van der Waals surface area contributed by atoms with Crippen LogP contribution in [0.5, 0.6) is 5.88 Å². The number of amides is 1. The Labute approximate surface area is 177 Å². The lowest BCUT2D eigenvalue weighted by molar-refractivity contribution is 0.0909. The predicted molar refractivity (Wildman–Crippen MR) is 117 cm³/mol. The van der Waals surface area contributed by atoms with Crippen LogP contribution in [0.1, 0.15) is 60.9 Å². The summed E-state index contributed by atoms with van der Waals surface area (Å²) in [7, 11) is 1.57. The molecule has 1 aliphatic rings. The standard InChI is InChI=1S/C24H28N4O2/c1-3-21(28-24(29)18-10-11-22(30-2)27-15-18)17-8-6-16(7-9-17)19-12-14-26-23-20(19)5-4-13-25-23/h4-5,10-17,21H,3,6-9H2,1-2H3,(H,28,29)/t16?,17?,21-/m0/s1. The van der Waals surface area contributed by atoms with Gasteiger partial charge in [0.25, 0.3) is 5.91 Å². The minimum atomic E-state index is -0.0645. The molecular weight excluding hydrogens is 376 g/mol. The minimum Gasteiger partial charge on any atom is -0.481 e. The fraction of sp³-hybridized carbons (Fsp3) is 0.417. The number of rotatable bonds is 6. The molecule has 0 aromatic carbocycles. The van der Waals surface area contributed by atoms with E-state index < -0.39 is 0 Å². The number of methoxy groups -OCH3 is 1. The number of fused-ring (bicyclic) bond motifs is 1. The van der Waals surface area contributed by atoms with E-state index in [1.54, 1.807) is 31.6 Å². The highest BCUT2D eigenvalue weighted by molar-refractivity contribution is 5.94. The summed E-state index contributed by atoms with van der Waals surface area (Å²) >= 11 is 0. The average Bonchev–Trinajstić information content (AvgIpc) is 2.82. The summed E-state index contributed by atoms with van der Waals surface area (Å²) in [5.41, 5.74) is 2.75. The van der Waals surface area contributed by atoms with E-state index >= 15 is 0 Å². The highest BCUT2D eigenvalue weighted by Crippen LogP contribution is 2.39. The van der Waals surface area contributed by atoms with Crippen LogP contribution in [0.25, 0.3) is 11.0 Å². The number of carbonyl (C=O) groups excluding carboxylic acids is 1. The van der Waals surface area contributed by atoms with E-state index in [9.17, 15) is 4.79 Å². The summed E-state index contributed by atoms with van der Waals surface area (Å²) < 4.78 is 5.07. The lowest BCUT2D eigenvalue weighted by Crippen LogP contribution is -2.41. The zero-order chi connectivity index (χ0) is 20.9. The van der Waals surface area contributed by atoms with Crippen molar-refractivity contribution < 1.29 is 9.53 Å². The van der Waals surface area contributed by atoms with E-state index in [4.69, 9.17) is 4.74 Å². The Kier molecular flexibility index (Phi) is 6.21. The maximum Gasteiger partial charge on any atom is 0.253 e. The van der Waals surface area contributed by atoms with Gasteiger partial charge in [-0.1, -0.05) is 6.92 Å². The van der Waals surface area contributed by atoms with Crippen LogP contribution in [-0.2, 0) is 0 Å². The van der Waals surface area contributed by atoms with E-state index in [-0.39, 0.29) is 11.9 Å². The number of pyridine rings is 3. The van der Waals surface area contributed by atoms with Crippen LogP contribution in [0.15, 0.2) is 48.9 Å². The summed E-state index contributed by atoms with van der Waals surface area (Å²) in [4.78, 5) is 25.6. The Hall–Kier alpha value is -3.02. The number of aromatic nitrogens is 3. The van der Waals surface area contributed by atoms with Crippen LogP contribution < -0.4 is 10.1 Å². The van der Waals surface area contributed by atoms with E-state index in [0.717, 1.165) is 43.1 Å². The molecule has 6 nitrogen and oxygen atoms in total. The molecule has 6 heteroatoms. The summed E-state index contributed by atoms with van der Waals surface area (Å²) in [5.74, 6) is 1.46. The van der Waals surface area contributed by atoms with Crippen LogP contribution in [-0.4, -0.2) is 34.0 Å². The highest BCUT2D eigenvalue weighted by atomic mass is 16.5. The number of nitrogens with zero attached hydrogens (tertiary/aromatic N) is 3. The number of carbonyl (C=O) groups is 1. The Morgan fingerprint density at radius 2 is 1.90 bits per heavy atom. The third-order valence-corrected chi connectivity index (χ3v) is 6.29. The highest BCUT2D eigenvalue weighted by Gasteiger charge is 2.29. The summed E-state index contributed by atoms with van der Waals surface area (Å²) in [6, 6.07) is 9.90. The van der Waals surface area contributed by atoms with E-state index in [0.29, 0.717) is 23.3 Å². The SMILES string of the molecule is CC[C@H](NC(=O)c1ccc(OC)nc1)C1CCC(c2ccnc3ncccc23)CC1. The van der Waals surface area contributed by atoms with Crippen molar-refractivity contribution in [2.75, 3.05) is 7.11 Å². The smallest absolute Gasteiger partial charge is 0.253 e. The topological polar surface area (TPSA) is 77.0 Å². The molecule has 0 aliphatic heterocycles. The summed E-state index contributed by atoms with van der Waals surface area (Å²) in [5, 5.41) is 4.40. The van der Waals surface area contributed by atoms with Crippen molar-refractivity contribution in [3.05, 3.63) is 60.0 Å². The first-order valence-electron chi connectivity index (χ1n) is 10.7. The third-order valence-electron chi connectivity index (χ3n) is 6.29. The van der Waals surface area contributed by atoms with Crippen molar-refractivity contribution in [3.8, 4) is 5.88 Å². The molecule has 1 fully saturated rings. The molecule has 1 aliphatic carbocycles. The lowest BCUT2D eigenvalue weighted by atomic mass is 9.75. The molecule has 0 bridgehead atoms. The van der Waals surface area contributed by atoms with Crippen molar-refractivity contribution in [1.29, 1.82) is 0 Å². The second-order valence-corrected chi connectivity index (χ2v) is 7.96. The van der Waals surface area contributed by atoms with Gasteiger partial charge in [0.1, 0.15) is 0 Å². The average molecular weight is 405 g/mol. The van der Waals surface area contributed by atoms with Gasteiger partial charge in [0.2, 0.25) is 5.88 Å². The van der Waals surface area contributed by atoms with Crippen molar-refractivity contribution in [2.45, 2.75) is 51.0 Å². The molecule has 156 valence electrons. The molecule has 0 unspecified atom stereocenters. The Morgan fingerprint density at radius 3 is 2.60 bits per heavy atom. The first kappa shape index (κ1) is 20.3. The van der Waals surface area contributed by atoms with Gasteiger partial charge in [-0.25, -0.2) is 15.0 Å².